The van der Waals surface area contributed by atoms with E-state index in [9.17, 15) is 14.7 Å². The minimum absolute atomic E-state index is 0.0128. The largest absolute Gasteiger partial charge is 0.389 e. The molecule has 1 unspecified atom stereocenters. The Kier molecular flexibility index (Phi) is 6.90. The standard InChI is InChI=1S/C13H22N2O4S/c1-10-9-20-13(18)15(10)6-4-5-12(17)14(2)7-11(16)8-19-3/h9,11,16H,4-8H2,1-3H3. The number of aliphatic hydroxyl groups is 1. The zero-order valence-electron chi connectivity index (χ0n) is 12.2. The fraction of sp³-hybridized carbons (Fsp3) is 0.692. The van der Waals surface area contributed by atoms with E-state index in [2.05, 4.69) is 0 Å². The Morgan fingerprint density at radius 1 is 1.60 bits per heavy atom. The first-order valence-corrected chi connectivity index (χ1v) is 7.39. The molecule has 0 aliphatic heterocycles. The van der Waals surface area contributed by atoms with E-state index in [0.29, 0.717) is 19.4 Å². The summed E-state index contributed by atoms with van der Waals surface area (Å²) in [5.74, 6) is -0.0407. The number of likely N-dealkylation sites (N-methyl/N-ethyl adjacent to an activating group) is 1. The van der Waals surface area contributed by atoms with Crippen LogP contribution in [-0.4, -0.2) is 53.9 Å². The molecule has 0 spiro atoms. The van der Waals surface area contributed by atoms with Gasteiger partial charge in [-0.2, -0.15) is 0 Å². The maximum Gasteiger partial charge on any atom is 0.307 e. The molecule has 1 N–H and O–H groups in total. The number of amides is 1. The van der Waals surface area contributed by atoms with Crippen LogP contribution in [-0.2, 0) is 16.1 Å². The van der Waals surface area contributed by atoms with Gasteiger partial charge in [0.1, 0.15) is 0 Å². The number of methoxy groups -OCH3 is 1. The summed E-state index contributed by atoms with van der Waals surface area (Å²) in [6, 6.07) is 0. The average Bonchev–Trinajstić information content (AvgIpc) is 2.70. The number of hydrogen-bond donors (Lipinski definition) is 1. The molecular weight excluding hydrogens is 280 g/mol. The quantitative estimate of drug-likeness (QED) is 0.757. The molecule has 1 amide bonds. The van der Waals surface area contributed by atoms with Gasteiger partial charge in [-0.05, 0) is 13.3 Å². The predicted octanol–water partition coefficient (Wildman–Crippen LogP) is 0.464. The van der Waals surface area contributed by atoms with Crippen LogP contribution in [0.1, 0.15) is 18.5 Å². The van der Waals surface area contributed by atoms with Crippen LogP contribution in [0.15, 0.2) is 10.2 Å². The van der Waals surface area contributed by atoms with Gasteiger partial charge in [-0.1, -0.05) is 11.3 Å². The van der Waals surface area contributed by atoms with Crippen molar-refractivity contribution in [3.05, 3.63) is 20.7 Å². The zero-order valence-corrected chi connectivity index (χ0v) is 13.0. The van der Waals surface area contributed by atoms with Gasteiger partial charge in [-0.25, -0.2) is 0 Å². The average molecular weight is 302 g/mol. The third-order valence-corrected chi connectivity index (χ3v) is 3.90. The molecule has 1 aromatic heterocycles. The molecule has 1 heterocycles. The van der Waals surface area contributed by atoms with E-state index in [0.717, 1.165) is 5.69 Å². The molecule has 0 saturated heterocycles. The summed E-state index contributed by atoms with van der Waals surface area (Å²) in [5.41, 5.74) is 0.927. The molecule has 0 fully saturated rings. The molecule has 7 heteroatoms. The number of hydrogen-bond acceptors (Lipinski definition) is 5. The lowest BCUT2D eigenvalue weighted by Gasteiger charge is -2.20. The molecule has 1 aromatic rings. The highest BCUT2D eigenvalue weighted by molar-refractivity contribution is 7.07. The van der Waals surface area contributed by atoms with Gasteiger partial charge < -0.3 is 19.3 Å². The third-order valence-electron chi connectivity index (χ3n) is 3.02. The normalized spacial score (nSPS) is 12.4. The Morgan fingerprint density at radius 2 is 2.30 bits per heavy atom. The maximum atomic E-state index is 11.9. The molecule has 1 rings (SSSR count). The van der Waals surface area contributed by atoms with Crippen LogP contribution in [0.4, 0.5) is 0 Å². The molecule has 20 heavy (non-hydrogen) atoms. The van der Waals surface area contributed by atoms with Crippen LogP contribution in [0.2, 0.25) is 0 Å². The van der Waals surface area contributed by atoms with Crippen LogP contribution >= 0.6 is 11.3 Å². The van der Waals surface area contributed by atoms with E-state index in [4.69, 9.17) is 4.74 Å². The number of carbonyl (C=O) groups excluding carboxylic acids is 1. The van der Waals surface area contributed by atoms with Crippen LogP contribution in [0.25, 0.3) is 0 Å². The first-order chi connectivity index (χ1) is 9.45. The molecule has 1 atom stereocenters. The number of thiazole rings is 1. The van der Waals surface area contributed by atoms with Gasteiger partial charge in [0, 0.05) is 44.7 Å². The van der Waals surface area contributed by atoms with Crippen molar-refractivity contribution in [2.75, 3.05) is 27.3 Å². The molecule has 0 aliphatic carbocycles. The topological polar surface area (TPSA) is 71.8 Å². The van der Waals surface area contributed by atoms with Crippen LogP contribution in [0, 0.1) is 6.92 Å². The molecule has 0 saturated carbocycles. The molecule has 0 bridgehead atoms. The summed E-state index contributed by atoms with van der Waals surface area (Å²) >= 11 is 1.18. The summed E-state index contributed by atoms with van der Waals surface area (Å²) in [4.78, 5) is 24.9. The number of aliphatic hydroxyl groups excluding tert-OH is 1. The number of rotatable bonds is 8. The third kappa shape index (κ3) is 5.07. The van der Waals surface area contributed by atoms with Crippen LogP contribution in [0.3, 0.4) is 0 Å². The number of ether oxygens (including phenoxy) is 1. The molecule has 0 aliphatic rings. The summed E-state index contributed by atoms with van der Waals surface area (Å²) in [6.07, 6.45) is 0.301. The van der Waals surface area contributed by atoms with Crippen molar-refractivity contribution in [2.24, 2.45) is 0 Å². The van der Waals surface area contributed by atoms with Crippen LogP contribution < -0.4 is 4.87 Å². The van der Waals surface area contributed by atoms with Gasteiger partial charge in [0.15, 0.2) is 0 Å². The summed E-state index contributed by atoms with van der Waals surface area (Å²) in [5, 5.41) is 11.4. The minimum atomic E-state index is -0.671. The maximum absolute atomic E-state index is 11.9. The Bertz CT molecular complexity index is 483. The number of nitrogens with zero attached hydrogens (tertiary/aromatic N) is 2. The van der Waals surface area contributed by atoms with Gasteiger partial charge >= 0.3 is 4.87 Å². The smallest absolute Gasteiger partial charge is 0.307 e. The van der Waals surface area contributed by atoms with E-state index in [1.807, 2.05) is 12.3 Å². The van der Waals surface area contributed by atoms with E-state index < -0.39 is 6.10 Å². The Labute approximate surface area is 122 Å². The number of carbonyl (C=O) groups is 1. The zero-order chi connectivity index (χ0) is 15.1. The predicted molar refractivity (Wildman–Crippen MR) is 78.1 cm³/mol. The highest BCUT2D eigenvalue weighted by atomic mass is 32.1. The fourth-order valence-corrected chi connectivity index (χ4v) is 2.68. The molecule has 0 radical (unpaired) electrons. The van der Waals surface area contributed by atoms with E-state index in [-0.39, 0.29) is 23.9 Å². The van der Waals surface area contributed by atoms with Crippen molar-refractivity contribution in [1.29, 1.82) is 0 Å². The lowest BCUT2D eigenvalue weighted by atomic mass is 10.2. The monoisotopic (exact) mass is 302 g/mol. The van der Waals surface area contributed by atoms with Gasteiger partial charge in [0.25, 0.3) is 0 Å². The minimum Gasteiger partial charge on any atom is -0.389 e. The van der Waals surface area contributed by atoms with E-state index in [1.54, 1.807) is 11.6 Å². The van der Waals surface area contributed by atoms with Crippen molar-refractivity contribution in [2.45, 2.75) is 32.4 Å². The lowest BCUT2D eigenvalue weighted by molar-refractivity contribution is -0.131. The molecular formula is C13H22N2O4S. The Balaban J connectivity index is 2.34. The SMILES string of the molecule is COCC(O)CN(C)C(=O)CCCn1c(C)csc1=O. The fourth-order valence-electron chi connectivity index (χ4n) is 1.92. The first-order valence-electron chi connectivity index (χ1n) is 6.51. The molecule has 6 nitrogen and oxygen atoms in total. The summed E-state index contributed by atoms with van der Waals surface area (Å²) in [7, 11) is 3.16. The van der Waals surface area contributed by atoms with Gasteiger partial charge in [0.05, 0.1) is 12.7 Å². The number of aromatic nitrogens is 1. The second-order valence-corrected chi connectivity index (χ2v) is 5.60. The first kappa shape index (κ1) is 16.9. The van der Waals surface area contributed by atoms with Crippen molar-refractivity contribution >= 4 is 17.2 Å². The molecule has 114 valence electrons. The second kappa shape index (κ2) is 8.18. The van der Waals surface area contributed by atoms with Crippen molar-refractivity contribution in [1.82, 2.24) is 9.47 Å². The number of aryl methyl sites for hydroxylation is 1. The highest BCUT2D eigenvalue weighted by Gasteiger charge is 2.13. The Morgan fingerprint density at radius 3 is 2.85 bits per heavy atom. The van der Waals surface area contributed by atoms with Crippen LogP contribution in [0.5, 0.6) is 0 Å². The van der Waals surface area contributed by atoms with Gasteiger partial charge in [-0.15, -0.1) is 0 Å². The van der Waals surface area contributed by atoms with E-state index in [1.165, 1.54) is 23.3 Å². The van der Waals surface area contributed by atoms with Gasteiger partial charge in [-0.3, -0.25) is 9.59 Å². The highest BCUT2D eigenvalue weighted by Crippen LogP contribution is 2.04. The lowest BCUT2D eigenvalue weighted by Crippen LogP contribution is -2.36. The summed E-state index contributed by atoms with van der Waals surface area (Å²) in [6.45, 7) is 2.90. The van der Waals surface area contributed by atoms with E-state index >= 15 is 0 Å². The molecule has 0 aromatic carbocycles. The summed E-state index contributed by atoms with van der Waals surface area (Å²) < 4.78 is 6.49. The Hall–Kier alpha value is -1.18. The van der Waals surface area contributed by atoms with Gasteiger partial charge in [0.2, 0.25) is 5.91 Å². The van der Waals surface area contributed by atoms with Crippen molar-refractivity contribution < 1.29 is 14.6 Å². The second-order valence-electron chi connectivity index (χ2n) is 4.78. The van der Waals surface area contributed by atoms with Crippen molar-refractivity contribution in [3.8, 4) is 0 Å². The van der Waals surface area contributed by atoms with Crippen molar-refractivity contribution in [3.63, 3.8) is 0 Å².